The van der Waals surface area contributed by atoms with Crippen LogP contribution in [-0.4, -0.2) is 78.8 Å². The molecule has 3 aromatic rings. The van der Waals surface area contributed by atoms with Crippen molar-refractivity contribution < 1.29 is 9.50 Å². The first kappa shape index (κ1) is 19.8. The molecule has 2 bridgehead atoms. The van der Waals surface area contributed by atoms with Crippen LogP contribution < -0.4 is 4.90 Å². The number of aromatic hydroxyl groups is 1. The van der Waals surface area contributed by atoms with Gasteiger partial charge < -0.3 is 10.0 Å². The van der Waals surface area contributed by atoms with Crippen molar-refractivity contribution in [3.05, 3.63) is 36.2 Å². The van der Waals surface area contributed by atoms with Gasteiger partial charge in [-0.3, -0.25) is 4.90 Å². The zero-order valence-electron chi connectivity index (χ0n) is 17.7. The fourth-order valence-electron chi connectivity index (χ4n) is 4.83. The highest BCUT2D eigenvalue weighted by Crippen LogP contribution is 2.39. The van der Waals surface area contributed by atoms with Gasteiger partial charge in [-0.05, 0) is 62.7 Å². The third kappa shape index (κ3) is 3.40. The number of nitrogens with zero attached hydrogens (tertiary/aromatic N) is 8. The number of tetrazole rings is 1. The molecule has 0 amide bonds. The number of hydrogen-bond acceptors (Lipinski definition) is 8. The largest absolute Gasteiger partial charge is 0.507 e. The summed E-state index contributed by atoms with van der Waals surface area (Å²) < 4.78 is 15.1. The molecule has 1 N–H and O–H groups in total. The van der Waals surface area contributed by atoms with Gasteiger partial charge in [-0.25, -0.2) is 4.39 Å². The molecular weight excluding hydrogens is 399 g/mol. The maximum atomic E-state index is 15.1. The lowest BCUT2D eigenvalue weighted by Gasteiger charge is -2.43. The zero-order valence-corrected chi connectivity index (χ0v) is 17.7. The van der Waals surface area contributed by atoms with Crippen molar-refractivity contribution in [3.8, 4) is 22.7 Å². The summed E-state index contributed by atoms with van der Waals surface area (Å²) in [5, 5.41) is 31.0. The minimum absolute atomic E-state index is 0.0165. The van der Waals surface area contributed by atoms with Gasteiger partial charge in [0, 0.05) is 30.8 Å². The number of aromatic nitrogens is 6. The highest BCUT2D eigenvalue weighted by molar-refractivity contribution is 5.68. The number of rotatable bonds is 4. The molecule has 162 valence electrons. The van der Waals surface area contributed by atoms with Crippen LogP contribution in [0, 0.1) is 6.92 Å². The van der Waals surface area contributed by atoms with Crippen LogP contribution in [0.3, 0.4) is 0 Å². The van der Waals surface area contributed by atoms with Crippen molar-refractivity contribution >= 4 is 5.82 Å². The molecule has 2 fully saturated rings. The Balaban J connectivity index is 1.35. The van der Waals surface area contributed by atoms with Gasteiger partial charge in [0.15, 0.2) is 11.6 Å². The van der Waals surface area contributed by atoms with Gasteiger partial charge in [0.2, 0.25) is 0 Å². The van der Waals surface area contributed by atoms with Gasteiger partial charge in [0.05, 0.1) is 17.4 Å². The van der Waals surface area contributed by atoms with Crippen LogP contribution in [0.4, 0.5) is 10.2 Å². The Bertz CT molecular complexity index is 1090. The van der Waals surface area contributed by atoms with Crippen LogP contribution in [0.25, 0.3) is 16.9 Å². The van der Waals surface area contributed by atoms with E-state index in [0.717, 1.165) is 19.3 Å². The summed E-state index contributed by atoms with van der Waals surface area (Å²) in [5.41, 5.74) is 1.67. The lowest BCUT2D eigenvalue weighted by Crippen LogP contribution is -2.56. The van der Waals surface area contributed by atoms with Crippen molar-refractivity contribution in [3.63, 3.8) is 0 Å². The quantitative estimate of drug-likeness (QED) is 0.681. The standard InChI is InChI=1S/C21H25FN8O/c1-12-23-27-30(26-12)14-4-6-15(19(31)11-14)16-7-9-20(25-24-16)29(3)18-10-13-5-8-17(21(18)22)28(13)2/h4,6-7,9,11,13,17-18,21,31H,5,8,10H2,1-3H3/t13?,17?,18-,21-/m1/s1. The zero-order chi connectivity index (χ0) is 21.7. The minimum Gasteiger partial charge on any atom is -0.507 e. The van der Waals surface area contributed by atoms with Crippen LogP contribution in [-0.2, 0) is 0 Å². The predicted octanol–water partition coefficient (Wildman–Crippen LogP) is 2.14. The van der Waals surface area contributed by atoms with Crippen molar-refractivity contribution in [2.75, 3.05) is 19.0 Å². The molecule has 0 saturated carbocycles. The van der Waals surface area contributed by atoms with Gasteiger partial charge >= 0.3 is 0 Å². The first-order valence-corrected chi connectivity index (χ1v) is 10.5. The lowest BCUT2D eigenvalue weighted by molar-refractivity contribution is 0.0701. The van der Waals surface area contributed by atoms with Gasteiger partial charge in [0.25, 0.3) is 0 Å². The molecule has 2 aromatic heterocycles. The molecule has 1 aromatic carbocycles. The minimum atomic E-state index is -0.916. The average molecular weight is 424 g/mol. The van der Waals surface area contributed by atoms with Crippen molar-refractivity contribution in [1.29, 1.82) is 0 Å². The molecule has 0 spiro atoms. The topological polar surface area (TPSA) is 96.1 Å². The summed E-state index contributed by atoms with van der Waals surface area (Å²) in [4.78, 5) is 5.44. The van der Waals surface area contributed by atoms with E-state index in [0.29, 0.717) is 34.6 Å². The number of aryl methyl sites for hydroxylation is 1. The van der Waals surface area contributed by atoms with E-state index in [-0.39, 0.29) is 17.8 Å². The number of phenolic OH excluding ortho intramolecular Hbond substituents is 1. The normalized spacial score (nSPS) is 25.7. The maximum Gasteiger partial charge on any atom is 0.172 e. The molecule has 4 heterocycles. The van der Waals surface area contributed by atoms with Crippen LogP contribution in [0.1, 0.15) is 25.1 Å². The average Bonchev–Trinajstić information content (AvgIpc) is 3.31. The highest BCUT2D eigenvalue weighted by atomic mass is 19.1. The SMILES string of the molecule is Cc1nnn(-c2ccc(-c3ccc(N(C)[C@@H]4CC5CCC([C@H]4F)N5C)nn3)c(O)c2)n1. The van der Waals surface area contributed by atoms with Gasteiger partial charge in [0.1, 0.15) is 11.9 Å². The molecule has 4 atom stereocenters. The molecule has 2 saturated heterocycles. The number of benzene rings is 1. The third-order valence-corrected chi connectivity index (χ3v) is 6.65. The van der Waals surface area contributed by atoms with E-state index in [9.17, 15) is 5.11 Å². The Morgan fingerprint density at radius 3 is 2.65 bits per heavy atom. The summed E-state index contributed by atoms with van der Waals surface area (Å²) in [6.07, 6.45) is 1.83. The van der Waals surface area contributed by atoms with Crippen molar-refractivity contribution in [2.24, 2.45) is 0 Å². The fourth-order valence-corrected chi connectivity index (χ4v) is 4.83. The molecule has 31 heavy (non-hydrogen) atoms. The molecule has 2 aliphatic rings. The first-order valence-electron chi connectivity index (χ1n) is 10.5. The first-order chi connectivity index (χ1) is 14.9. The van der Waals surface area contributed by atoms with E-state index in [1.54, 1.807) is 31.2 Å². The number of halogens is 1. The van der Waals surface area contributed by atoms with Crippen LogP contribution >= 0.6 is 0 Å². The molecule has 0 radical (unpaired) electrons. The Labute approximate surface area is 179 Å². The van der Waals surface area contributed by atoms with Crippen LogP contribution in [0.5, 0.6) is 5.75 Å². The number of alkyl halides is 1. The van der Waals surface area contributed by atoms with E-state index < -0.39 is 6.17 Å². The molecule has 10 heteroatoms. The number of anilines is 1. The molecule has 2 unspecified atom stereocenters. The van der Waals surface area contributed by atoms with E-state index in [4.69, 9.17) is 0 Å². The van der Waals surface area contributed by atoms with E-state index >= 15 is 4.39 Å². The summed E-state index contributed by atoms with van der Waals surface area (Å²) in [7, 11) is 3.91. The Hall–Kier alpha value is -3.14. The molecule has 9 nitrogen and oxygen atoms in total. The fraction of sp³-hybridized carbons (Fsp3) is 0.476. The second-order valence-electron chi connectivity index (χ2n) is 8.43. The summed E-state index contributed by atoms with van der Waals surface area (Å²) in [5.74, 6) is 1.21. The van der Waals surface area contributed by atoms with E-state index in [2.05, 4.69) is 30.5 Å². The Morgan fingerprint density at radius 1 is 1.13 bits per heavy atom. The van der Waals surface area contributed by atoms with Crippen LogP contribution in [0.15, 0.2) is 30.3 Å². The number of piperidine rings is 1. The highest BCUT2D eigenvalue weighted by Gasteiger charge is 2.47. The maximum absolute atomic E-state index is 15.1. The Kier molecular flexibility index (Phi) is 4.81. The van der Waals surface area contributed by atoms with Crippen LogP contribution in [0.2, 0.25) is 0 Å². The molecular formula is C21H25FN8O. The van der Waals surface area contributed by atoms with Gasteiger partial charge in [-0.15, -0.1) is 25.2 Å². The number of hydrogen-bond donors (Lipinski definition) is 1. The Morgan fingerprint density at radius 2 is 1.97 bits per heavy atom. The number of fused-ring (bicyclic) bond motifs is 2. The second kappa shape index (κ2) is 7.52. The molecule has 5 rings (SSSR count). The third-order valence-electron chi connectivity index (χ3n) is 6.65. The van der Waals surface area contributed by atoms with Crippen molar-refractivity contribution in [1.82, 2.24) is 35.3 Å². The van der Waals surface area contributed by atoms with E-state index in [1.165, 1.54) is 4.80 Å². The van der Waals surface area contributed by atoms with Crippen molar-refractivity contribution in [2.45, 2.75) is 50.5 Å². The smallest absolute Gasteiger partial charge is 0.172 e. The predicted molar refractivity (Wildman–Crippen MR) is 113 cm³/mol. The lowest BCUT2D eigenvalue weighted by atomic mass is 9.95. The second-order valence-corrected chi connectivity index (χ2v) is 8.43. The monoisotopic (exact) mass is 424 g/mol. The van der Waals surface area contributed by atoms with Gasteiger partial charge in [-0.2, -0.15) is 0 Å². The summed E-state index contributed by atoms with van der Waals surface area (Å²) in [6.45, 7) is 1.74. The summed E-state index contributed by atoms with van der Waals surface area (Å²) in [6, 6.07) is 8.89. The van der Waals surface area contributed by atoms with E-state index in [1.807, 2.05) is 25.1 Å². The van der Waals surface area contributed by atoms with Gasteiger partial charge in [-0.1, -0.05) is 0 Å². The number of phenols is 1. The molecule has 2 aliphatic heterocycles. The summed E-state index contributed by atoms with van der Waals surface area (Å²) >= 11 is 0. The molecule has 0 aliphatic carbocycles.